The standard InChI is InChI=1S/C21H23Cl3FN3O4/c22-16-2-1-15(7-18(16)25)32-12-19(29)27-9-14-11-30-10-13(14)8-26-5-6-31-20-4-3-17(23)21(24)28-20/h1-4,7,13-14,26H,5-6,8-12H2,(H,27,29)/t13-,14+/m0/s1. The summed E-state index contributed by atoms with van der Waals surface area (Å²) in [6.45, 7) is 3.19. The van der Waals surface area contributed by atoms with E-state index in [4.69, 9.17) is 49.0 Å². The second kappa shape index (κ2) is 12.4. The fourth-order valence-electron chi connectivity index (χ4n) is 3.10. The van der Waals surface area contributed by atoms with E-state index in [-0.39, 0.29) is 40.3 Å². The lowest BCUT2D eigenvalue weighted by Crippen LogP contribution is -2.38. The summed E-state index contributed by atoms with van der Waals surface area (Å²) in [5.74, 6) is 0.200. The van der Waals surface area contributed by atoms with Crippen molar-refractivity contribution in [3.8, 4) is 11.6 Å². The van der Waals surface area contributed by atoms with Gasteiger partial charge in [-0.15, -0.1) is 0 Å². The number of nitrogens with one attached hydrogen (secondary N) is 2. The molecule has 1 aliphatic rings. The fourth-order valence-corrected chi connectivity index (χ4v) is 3.47. The molecule has 1 fully saturated rings. The quantitative estimate of drug-likeness (QED) is 0.358. The van der Waals surface area contributed by atoms with Gasteiger partial charge >= 0.3 is 0 Å². The van der Waals surface area contributed by atoms with Crippen molar-refractivity contribution >= 4 is 40.7 Å². The smallest absolute Gasteiger partial charge is 0.257 e. The molecule has 2 atom stereocenters. The van der Waals surface area contributed by atoms with Crippen molar-refractivity contribution < 1.29 is 23.4 Å². The topological polar surface area (TPSA) is 81.7 Å². The van der Waals surface area contributed by atoms with E-state index < -0.39 is 5.82 Å². The van der Waals surface area contributed by atoms with Crippen LogP contribution in [0.15, 0.2) is 30.3 Å². The molecule has 0 radical (unpaired) electrons. The molecule has 1 amide bonds. The Kier molecular flexibility index (Phi) is 9.62. The maximum absolute atomic E-state index is 13.4. The number of aromatic nitrogens is 1. The molecule has 2 N–H and O–H groups in total. The lowest BCUT2D eigenvalue weighted by Gasteiger charge is -2.19. The summed E-state index contributed by atoms with van der Waals surface area (Å²) < 4.78 is 29.8. The lowest BCUT2D eigenvalue weighted by molar-refractivity contribution is -0.123. The molecule has 174 valence electrons. The van der Waals surface area contributed by atoms with Crippen LogP contribution in [0.4, 0.5) is 4.39 Å². The number of rotatable bonds is 11. The molecule has 2 heterocycles. The highest BCUT2D eigenvalue weighted by Gasteiger charge is 2.28. The number of carbonyl (C=O) groups is 1. The van der Waals surface area contributed by atoms with Crippen molar-refractivity contribution in [1.82, 2.24) is 15.6 Å². The van der Waals surface area contributed by atoms with Gasteiger partial charge in [0.2, 0.25) is 5.88 Å². The van der Waals surface area contributed by atoms with Crippen molar-refractivity contribution in [3.05, 3.63) is 51.3 Å². The Hall–Kier alpha value is -1.84. The zero-order valence-corrected chi connectivity index (χ0v) is 19.4. The number of halogens is 4. The van der Waals surface area contributed by atoms with E-state index in [1.54, 1.807) is 12.1 Å². The van der Waals surface area contributed by atoms with Crippen LogP contribution in [0.5, 0.6) is 11.6 Å². The normalized spacial score (nSPS) is 17.9. The molecular formula is C21H23Cl3FN3O4. The van der Waals surface area contributed by atoms with Gasteiger partial charge in [0.1, 0.15) is 18.2 Å². The zero-order chi connectivity index (χ0) is 22.9. The largest absolute Gasteiger partial charge is 0.484 e. The first kappa shape index (κ1) is 24.8. The SMILES string of the molecule is O=C(COc1ccc(Cl)c(F)c1)NC[C@@H]1COC[C@@H]1CNCCOc1ccc(Cl)c(Cl)n1. The van der Waals surface area contributed by atoms with E-state index in [2.05, 4.69) is 15.6 Å². The Morgan fingerprint density at radius 1 is 1.09 bits per heavy atom. The summed E-state index contributed by atoms with van der Waals surface area (Å²) >= 11 is 17.3. The van der Waals surface area contributed by atoms with Crippen LogP contribution in [0.1, 0.15) is 0 Å². The minimum absolute atomic E-state index is 0.000270. The Bertz CT molecular complexity index is 922. The summed E-state index contributed by atoms with van der Waals surface area (Å²) in [5.41, 5.74) is 0. The second-order valence-electron chi connectivity index (χ2n) is 7.20. The highest BCUT2D eigenvalue weighted by atomic mass is 35.5. The monoisotopic (exact) mass is 505 g/mol. The van der Waals surface area contributed by atoms with Gasteiger partial charge < -0.3 is 24.8 Å². The van der Waals surface area contributed by atoms with Gasteiger partial charge in [0.15, 0.2) is 11.8 Å². The molecule has 0 spiro atoms. The minimum atomic E-state index is -0.596. The Balaban J connectivity index is 1.31. The lowest BCUT2D eigenvalue weighted by atomic mass is 9.96. The highest BCUT2D eigenvalue weighted by Crippen LogP contribution is 2.23. The highest BCUT2D eigenvalue weighted by molar-refractivity contribution is 6.41. The van der Waals surface area contributed by atoms with Crippen LogP contribution in [0.3, 0.4) is 0 Å². The van der Waals surface area contributed by atoms with Crippen molar-refractivity contribution in [2.45, 2.75) is 0 Å². The average molecular weight is 507 g/mol. The minimum Gasteiger partial charge on any atom is -0.484 e. The number of nitrogens with zero attached hydrogens (tertiary/aromatic N) is 1. The molecule has 0 saturated carbocycles. The second-order valence-corrected chi connectivity index (χ2v) is 8.37. The molecule has 1 aromatic carbocycles. The van der Waals surface area contributed by atoms with Crippen LogP contribution in [-0.4, -0.2) is 57.0 Å². The maximum Gasteiger partial charge on any atom is 0.257 e. The Labute approximate surface area is 200 Å². The molecule has 0 bridgehead atoms. The fraction of sp³-hybridized carbons (Fsp3) is 0.429. The Morgan fingerprint density at radius 3 is 2.59 bits per heavy atom. The zero-order valence-electron chi connectivity index (χ0n) is 17.1. The van der Waals surface area contributed by atoms with E-state index in [9.17, 15) is 9.18 Å². The van der Waals surface area contributed by atoms with E-state index in [0.717, 1.165) is 12.6 Å². The van der Waals surface area contributed by atoms with E-state index in [1.807, 2.05) is 0 Å². The Morgan fingerprint density at radius 2 is 1.84 bits per heavy atom. The number of pyridine rings is 1. The van der Waals surface area contributed by atoms with Gasteiger partial charge in [0, 0.05) is 43.6 Å². The van der Waals surface area contributed by atoms with Gasteiger partial charge in [0.05, 0.1) is 23.3 Å². The molecule has 7 nitrogen and oxygen atoms in total. The summed E-state index contributed by atoms with van der Waals surface area (Å²) in [6.07, 6.45) is 0. The van der Waals surface area contributed by atoms with Crippen LogP contribution >= 0.6 is 34.8 Å². The first-order chi connectivity index (χ1) is 15.4. The van der Waals surface area contributed by atoms with Crippen molar-refractivity contribution in [2.24, 2.45) is 11.8 Å². The third kappa shape index (κ3) is 7.64. The number of amides is 1. The predicted octanol–water partition coefficient (Wildman–Crippen LogP) is 3.61. The van der Waals surface area contributed by atoms with Gasteiger partial charge in [-0.25, -0.2) is 9.37 Å². The molecule has 32 heavy (non-hydrogen) atoms. The van der Waals surface area contributed by atoms with E-state index in [1.165, 1.54) is 12.1 Å². The molecule has 3 rings (SSSR count). The van der Waals surface area contributed by atoms with Gasteiger partial charge in [0.25, 0.3) is 5.91 Å². The predicted molar refractivity (Wildman–Crippen MR) is 120 cm³/mol. The first-order valence-electron chi connectivity index (χ1n) is 10.00. The summed E-state index contributed by atoms with van der Waals surface area (Å²) in [6, 6.07) is 7.32. The number of ether oxygens (including phenoxy) is 3. The third-order valence-corrected chi connectivity index (χ3v) is 5.86. The summed E-state index contributed by atoms with van der Waals surface area (Å²) in [4.78, 5) is 16.1. The van der Waals surface area contributed by atoms with Crippen LogP contribution < -0.4 is 20.1 Å². The van der Waals surface area contributed by atoms with Crippen LogP contribution in [-0.2, 0) is 9.53 Å². The average Bonchev–Trinajstić information content (AvgIpc) is 3.22. The molecule has 1 aliphatic heterocycles. The van der Waals surface area contributed by atoms with Crippen molar-refractivity contribution in [3.63, 3.8) is 0 Å². The van der Waals surface area contributed by atoms with Gasteiger partial charge in [-0.3, -0.25) is 4.79 Å². The molecule has 1 aromatic heterocycles. The molecule has 11 heteroatoms. The number of hydrogen-bond donors (Lipinski definition) is 2. The number of hydrogen-bond acceptors (Lipinski definition) is 6. The molecule has 2 aromatic rings. The van der Waals surface area contributed by atoms with Crippen molar-refractivity contribution in [1.29, 1.82) is 0 Å². The van der Waals surface area contributed by atoms with Crippen LogP contribution in [0.25, 0.3) is 0 Å². The van der Waals surface area contributed by atoms with E-state index in [0.29, 0.717) is 43.8 Å². The summed E-state index contributed by atoms with van der Waals surface area (Å²) in [5, 5.41) is 6.74. The molecule has 0 aliphatic carbocycles. The first-order valence-corrected chi connectivity index (χ1v) is 11.1. The van der Waals surface area contributed by atoms with E-state index >= 15 is 0 Å². The van der Waals surface area contributed by atoms with Crippen LogP contribution in [0.2, 0.25) is 15.2 Å². The maximum atomic E-state index is 13.4. The number of carbonyl (C=O) groups excluding carboxylic acids is 1. The molecule has 1 saturated heterocycles. The summed E-state index contributed by atoms with van der Waals surface area (Å²) in [7, 11) is 0. The van der Waals surface area contributed by atoms with Gasteiger partial charge in [-0.2, -0.15) is 0 Å². The van der Waals surface area contributed by atoms with Crippen molar-refractivity contribution in [2.75, 3.05) is 46.1 Å². The molecule has 0 unspecified atom stereocenters. The van der Waals surface area contributed by atoms with Crippen LogP contribution in [0, 0.1) is 17.7 Å². The number of benzene rings is 1. The molecular weight excluding hydrogens is 484 g/mol. The van der Waals surface area contributed by atoms with Gasteiger partial charge in [-0.05, 0) is 18.2 Å². The van der Waals surface area contributed by atoms with Gasteiger partial charge in [-0.1, -0.05) is 34.8 Å². The third-order valence-electron chi connectivity index (χ3n) is 4.87.